The summed E-state index contributed by atoms with van der Waals surface area (Å²) in [5, 5.41) is 8.62. The van der Waals surface area contributed by atoms with E-state index in [1.54, 1.807) is 30.5 Å². The molecule has 0 spiro atoms. The Kier molecular flexibility index (Phi) is 6.52. The van der Waals surface area contributed by atoms with Crippen molar-refractivity contribution in [2.24, 2.45) is 0 Å². The molecule has 2 aromatic rings. The summed E-state index contributed by atoms with van der Waals surface area (Å²) in [4.78, 5) is 17.1. The average molecular weight is 417 g/mol. The molecule has 1 atom stereocenters. The Morgan fingerprint density at radius 2 is 2.10 bits per heavy atom. The molecule has 156 valence electrons. The minimum absolute atomic E-state index is 0.00890. The zero-order valence-electron chi connectivity index (χ0n) is 17.8. The molecule has 3 rings (SSSR count). The van der Waals surface area contributed by atoms with Crippen LogP contribution in [0.2, 0.25) is 0 Å². The van der Waals surface area contributed by atoms with Crippen molar-refractivity contribution in [1.82, 2.24) is 14.8 Å². The maximum Gasteiger partial charge on any atom is 0.227 e. The van der Waals surface area contributed by atoms with Gasteiger partial charge < -0.3 is 14.8 Å². The normalized spacial score (nSPS) is 15.9. The molecule has 0 saturated heterocycles. The Bertz CT molecular complexity index is 936. The first-order valence-corrected chi connectivity index (χ1v) is 10.8. The SMILES string of the molecule is CCCSc1nc2n(n1)C(c1ccc(OC(C)C)c(OC)c1)C(C(C)=O)=C(C)N2. The van der Waals surface area contributed by atoms with Crippen molar-refractivity contribution in [3.8, 4) is 11.5 Å². The van der Waals surface area contributed by atoms with E-state index >= 15 is 0 Å². The van der Waals surface area contributed by atoms with Gasteiger partial charge in [-0.25, -0.2) is 4.68 Å². The molecule has 8 heteroatoms. The van der Waals surface area contributed by atoms with Crippen LogP contribution in [0.25, 0.3) is 0 Å². The number of carbonyl (C=O) groups is 1. The van der Waals surface area contributed by atoms with Crippen LogP contribution in [0.4, 0.5) is 5.95 Å². The number of Topliss-reactive ketones (excluding diaryl/α,β-unsaturated/α-hetero) is 1. The summed E-state index contributed by atoms with van der Waals surface area (Å²) >= 11 is 1.61. The highest BCUT2D eigenvalue weighted by molar-refractivity contribution is 7.99. The summed E-state index contributed by atoms with van der Waals surface area (Å²) in [5.41, 5.74) is 2.34. The van der Waals surface area contributed by atoms with E-state index in [4.69, 9.17) is 9.47 Å². The highest BCUT2D eigenvalue weighted by Crippen LogP contribution is 2.39. The summed E-state index contributed by atoms with van der Waals surface area (Å²) in [5.74, 6) is 2.86. The lowest BCUT2D eigenvalue weighted by Crippen LogP contribution is -2.27. The van der Waals surface area contributed by atoms with Crippen molar-refractivity contribution in [1.29, 1.82) is 0 Å². The molecule has 1 aliphatic rings. The zero-order chi connectivity index (χ0) is 21.1. The fraction of sp³-hybridized carbons (Fsp3) is 0.476. The van der Waals surface area contributed by atoms with E-state index in [1.165, 1.54) is 0 Å². The predicted octanol–water partition coefficient (Wildman–Crippen LogP) is 4.45. The van der Waals surface area contributed by atoms with Crippen molar-refractivity contribution in [2.75, 3.05) is 18.2 Å². The molecule has 1 aromatic carbocycles. The number of methoxy groups -OCH3 is 1. The maximum atomic E-state index is 12.5. The van der Waals surface area contributed by atoms with Crippen molar-refractivity contribution in [3.63, 3.8) is 0 Å². The molecule has 7 nitrogen and oxygen atoms in total. The van der Waals surface area contributed by atoms with Crippen LogP contribution >= 0.6 is 11.8 Å². The summed E-state index contributed by atoms with van der Waals surface area (Å²) in [6, 6.07) is 5.37. The topological polar surface area (TPSA) is 78.3 Å². The molecular weight excluding hydrogens is 388 g/mol. The number of anilines is 1. The van der Waals surface area contributed by atoms with Gasteiger partial charge in [-0.15, -0.1) is 5.10 Å². The number of hydrogen-bond acceptors (Lipinski definition) is 7. The van der Waals surface area contributed by atoms with Crippen LogP contribution in [-0.4, -0.2) is 39.5 Å². The van der Waals surface area contributed by atoms with E-state index in [1.807, 2.05) is 39.0 Å². The number of ketones is 1. The zero-order valence-corrected chi connectivity index (χ0v) is 18.6. The van der Waals surface area contributed by atoms with Gasteiger partial charge in [0.05, 0.1) is 13.2 Å². The second kappa shape index (κ2) is 8.90. The van der Waals surface area contributed by atoms with E-state index in [9.17, 15) is 4.79 Å². The molecular formula is C21H28N4O3S. The quantitative estimate of drug-likeness (QED) is 0.637. The Morgan fingerprint density at radius 3 is 2.72 bits per heavy atom. The van der Waals surface area contributed by atoms with Gasteiger partial charge in [-0.3, -0.25) is 4.79 Å². The highest BCUT2D eigenvalue weighted by atomic mass is 32.2. The number of thioether (sulfide) groups is 1. The van der Waals surface area contributed by atoms with E-state index in [2.05, 4.69) is 22.3 Å². The van der Waals surface area contributed by atoms with Gasteiger partial charge in [0.1, 0.15) is 6.04 Å². The van der Waals surface area contributed by atoms with Gasteiger partial charge in [-0.05, 0) is 51.8 Å². The second-order valence-electron chi connectivity index (χ2n) is 7.21. The molecule has 1 N–H and O–H groups in total. The number of aromatic nitrogens is 3. The summed E-state index contributed by atoms with van der Waals surface area (Å²) in [7, 11) is 1.61. The number of carbonyl (C=O) groups excluding carboxylic acids is 1. The molecule has 2 heterocycles. The lowest BCUT2D eigenvalue weighted by Gasteiger charge is -2.28. The first-order chi connectivity index (χ1) is 13.8. The monoisotopic (exact) mass is 416 g/mol. The fourth-order valence-corrected chi connectivity index (χ4v) is 4.04. The predicted molar refractivity (Wildman–Crippen MR) is 115 cm³/mol. The number of ether oxygens (including phenoxy) is 2. The number of fused-ring (bicyclic) bond motifs is 1. The van der Waals surface area contributed by atoms with Crippen LogP contribution in [0.15, 0.2) is 34.6 Å². The van der Waals surface area contributed by atoms with Crippen molar-refractivity contribution in [2.45, 2.75) is 58.3 Å². The van der Waals surface area contributed by atoms with Gasteiger partial charge in [-0.1, -0.05) is 24.8 Å². The van der Waals surface area contributed by atoms with Crippen LogP contribution in [0.1, 0.15) is 52.6 Å². The van der Waals surface area contributed by atoms with Gasteiger partial charge in [0.2, 0.25) is 11.1 Å². The van der Waals surface area contributed by atoms with Gasteiger partial charge in [0.15, 0.2) is 17.3 Å². The van der Waals surface area contributed by atoms with E-state index < -0.39 is 0 Å². The first kappa shape index (κ1) is 21.2. The Balaban J connectivity index is 2.10. The van der Waals surface area contributed by atoms with Crippen LogP contribution in [-0.2, 0) is 4.79 Å². The summed E-state index contributed by atoms with van der Waals surface area (Å²) in [6.07, 6.45) is 1.07. The van der Waals surface area contributed by atoms with Gasteiger partial charge in [0.25, 0.3) is 0 Å². The van der Waals surface area contributed by atoms with Gasteiger partial charge in [-0.2, -0.15) is 4.98 Å². The molecule has 1 aromatic heterocycles. The minimum Gasteiger partial charge on any atom is -0.493 e. The standard InChI is InChI=1S/C21H28N4O3S/c1-7-10-29-21-23-20-22-13(4)18(14(5)26)19(25(20)24-21)15-8-9-16(28-12(2)3)17(11-15)27-6/h8-9,11-12,19H,7,10H2,1-6H3,(H,22,23,24). The largest absolute Gasteiger partial charge is 0.493 e. The molecule has 0 aliphatic carbocycles. The average Bonchev–Trinajstić information content (AvgIpc) is 3.07. The molecule has 0 radical (unpaired) electrons. The number of hydrogen-bond donors (Lipinski definition) is 1. The third-order valence-electron chi connectivity index (χ3n) is 4.51. The van der Waals surface area contributed by atoms with Gasteiger partial charge in [0, 0.05) is 17.0 Å². The van der Waals surface area contributed by atoms with Crippen LogP contribution in [0, 0.1) is 0 Å². The molecule has 1 aliphatic heterocycles. The van der Waals surface area contributed by atoms with Crippen molar-refractivity contribution in [3.05, 3.63) is 35.0 Å². The molecule has 0 amide bonds. The smallest absolute Gasteiger partial charge is 0.227 e. The highest BCUT2D eigenvalue weighted by Gasteiger charge is 2.33. The van der Waals surface area contributed by atoms with E-state index in [0.717, 1.165) is 23.4 Å². The second-order valence-corrected chi connectivity index (χ2v) is 8.27. The number of rotatable bonds is 8. The molecule has 29 heavy (non-hydrogen) atoms. The minimum atomic E-state index is -0.380. The van der Waals surface area contributed by atoms with Crippen molar-refractivity contribution >= 4 is 23.5 Å². The summed E-state index contributed by atoms with van der Waals surface area (Å²) < 4.78 is 13.2. The summed E-state index contributed by atoms with van der Waals surface area (Å²) in [6.45, 7) is 9.54. The Hall–Kier alpha value is -2.48. The van der Waals surface area contributed by atoms with E-state index in [-0.39, 0.29) is 17.9 Å². The van der Waals surface area contributed by atoms with Crippen LogP contribution in [0.3, 0.4) is 0 Å². The third kappa shape index (κ3) is 4.42. The Labute approximate surface area is 175 Å². The number of nitrogens with zero attached hydrogens (tertiary/aromatic N) is 3. The first-order valence-electron chi connectivity index (χ1n) is 9.78. The molecule has 0 saturated carbocycles. The van der Waals surface area contributed by atoms with E-state index in [0.29, 0.717) is 28.2 Å². The molecule has 0 fully saturated rings. The van der Waals surface area contributed by atoms with Crippen molar-refractivity contribution < 1.29 is 14.3 Å². The Morgan fingerprint density at radius 1 is 1.34 bits per heavy atom. The maximum absolute atomic E-state index is 12.5. The lowest BCUT2D eigenvalue weighted by molar-refractivity contribution is -0.114. The third-order valence-corrected chi connectivity index (χ3v) is 5.56. The van der Waals surface area contributed by atoms with Crippen LogP contribution in [0.5, 0.6) is 11.5 Å². The molecule has 0 bridgehead atoms. The fourth-order valence-electron chi connectivity index (χ4n) is 3.36. The number of allylic oxidation sites excluding steroid dienone is 2. The lowest BCUT2D eigenvalue weighted by atomic mass is 9.93. The number of nitrogens with one attached hydrogen (secondary N) is 1. The van der Waals surface area contributed by atoms with Gasteiger partial charge >= 0.3 is 0 Å². The number of benzene rings is 1. The molecule has 1 unspecified atom stereocenters. The van der Waals surface area contributed by atoms with Crippen LogP contribution < -0.4 is 14.8 Å².